The highest BCUT2D eigenvalue weighted by Gasteiger charge is 2.53. The van der Waals surface area contributed by atoms with E-state index in [-0.39, 0.29) is 24.7 Å². The van der Waals surface area contributed by atoms with E-state index in [0.717, 1.165) is 11.1 Å². The highest BCUT2D eigenvalue weighted by atomic mass is 16.6. The van der Waals surface area contributed by atoms with E-state index in [2.05, 4.69) is 4.74 Å². The first-order valence-corrected chi connectivity index (χ1v) is 7.49. The topological polar surface area (TPSA) is 86.7 Å². The van der Waals surface area contributed by atoms with Crippen LogP contribution in [-0.2, 0) is 35.1 Å². The molecule has 4 unspecified atom stereocenters. The summed E-state index contributed by atoms with van der Waals surface area (Å²) in [7, 11) is 0. The van der Waals surface area contributed by atoms with Gasteiger partial charge in [-0.2, -0.15) is 0 Å². The SMILES string of the molecule is CC(CC(=O)OC=O)C1c2ccccc2CC2C(=O)OC(=O)C21. The molecule has 1 aromatic rings. The number of rotatable bonds is 4. The number of hydrogen-bond donors (Lipinski definition) is 0. The lowest BCUT2D eigenvalue weighted by atomic mass is 9.65. The number of hydrogen-bond acceptors (Lipinski definition) is 6. The van der Waals surface area contributed by atoms with Gasteiger partial charge in [0.2, 0.25) is 0 Å². The van der Waals surface area contributed by atoms with Crippen molar-refractivity contribution in [1.29, 1.82) is 0 Å². The molecule has 1 aromatic carbocycles. The lowest BCUT2D eigenvalue weighted by Gasteiger charge is -2.35. The van der Waals surface area contributed by atoms with Gasteiger partial charge in [-0.3, -0.25) is 19.2 Å². The first-order chi connectivity index (χ1) is 11.0. The number of fused-ring (bicyclic) bond motifs is 2. The Morgan fingerprint density at radius 3 is 2.83 bits per heavy atom. The third-order valence-corrected chi connectivity index (χ3v) is 4.73. The Hall–Kier alpha value is -2.50. The van der Waals surface area contributed by atoms with Crippen molar-refractivity contribution in [2.45, 2.75) is 25.7 Å². The summed E-state index contributed by atoms with van der Waals surface area (Å²) in [4.78, 5) is 46.0. The Bertz CT molecular complexity index is 679. The van der Waals surface area contributed by atoms with E-state index in [0.29, 0.717) is 6.42 Å². The number of ether oxygens (including phenoxy) is 2. The summed E-state index contributed by atoms with van der Waals surface area (Å²) in [6, 6.07) is 7.58. The van der Waals surface area contributed by atoms with Crippen LogP contribution in [0.3, 0.4) is 0 Å². The summed E-state index contributed by atoms with van der Waals surface area (Å²) in [5.74, 6) is -3.36. The van der Waals surface area contributed by atoms with Crippen molar-refractivity contribution in [3.63, 3.8) is 0 Å². The van der Waals surface area contributed by atoms with Crippen molar-refractivity contribution in [2.24, 2.45) is 17.8 Å². The van der Waals surface area contributed by atoms with Crippen molar-refractivity contribution >= 4 is 24.4 Å². The van der Waals surface area contributed by atoms with Crippen molar-refractivity contribution in [2.75, 3.05) is 0 Å². The molecule has 4 atom stereocenters. The van der Waals surface area contributed by atoms with E-state index in [4.69, 9.17) is 4.74 Å². The molecule has 120 valence electrons. The maximum absolute atomic E-state index is 12.1. The molecule has 1 aliphatic carbocycles. The minimum absolute atomic E-state index is 0.0115. The molecule has 1 heterocycles. The molecule has 0 spiro atoms. The Kier molecular flexibility index (Phi) is 3.98. The molecule has 6 nitrogen and oxygen atoms in total. The molecular weight excluding hydrogens is 300 g/mol. The van der Waals surface area contributed by atoms with E-state index >= 15 is 0 Å². The van der Waals surface area contributed by atoms with Gasteiger partial charge in [0.1, 0.15) is 0 Å². The molecule has 0 bridgehead atoms. The van der Waals surface area contributed by atoms with Gasteiger partial charge in [-0.1, -0.05) is 31.2 Å². The Morgan fingerprint density at radius 2 is 2.09 bits per heavy atom. The van der Waals surface area contributed by atoms with Gasteiger partial charge in [0.05, 0.1) is 11.8 Å². The third-order valence-electron chi connectivity index (χ3n) is 4.73. The Labute approximate surface area is 132 Å². The number of carbonyl (C=O) groups is 4. The van der Waals surface area contributed by atoms with Gasteiger partial charge in [-0.05, 0) is 23.5 Å². The predicted molar refractivity (Wildman–Crippen MR) is 76.9 cm³/mol. The number of cyclic esters (lactones) is 2. The summed E-state index contributed by atoms with van der Waals surface area (Å²) in [6.07, 6.45) is 0.454. The summed E-state index contributed by atoms with van der Waals surface area (Å²) in [5.41, 5.74) is 1.94. The van der Waals surface area contributed by atoms with Crippen LogP contribution in [0.2, 0.25) is 0 Å². The normalized spacial score (nSPS) is 26.7. The molecule has 0 saturated carbocycles. The first-order valence-electron chi connectivity index (χ1n) is 7.49. The average Bonchev–Trinajstić information content (AvgIpc) is 2.79. The van der Waals surface area contributed by atoms with Crippen LogP contribution >= 0.6 is 0 Å². The van der Waals surface area contributed by atoms with Crippen LogP contribution in [0, 0.1) is 17.8 Å². The zero-order valence-corrected chi connectivity index (χ0v) is 12.6. The monoisotopic (exact) mass is 316 g/mol. The predicted octanol–water partition coefficient (Wildman–Crippen LogP) is 1.37. The van der Waals surface area contributed by atoms with Crippen molar-refractivity contribution in [3.8, 4) is 0 Å². The second-order valence-corrected chi connectivity index (χ2v) is 6.07. The molecule has 0 radical (unpaired) electrons. The summed E-state index contributed by atoms with van der Waals surface area (Å²) < 4.78 is 9.17. The Morgan fingerprint density at radius 1 is 1.35 bits per heavy atom. The maximum atomic E-state index is 12.1. The average molecular weight is 316 g/mol. The van der Waals surface area contributed by atoms with E-state index in [1.54, 1.807) is 0 Å². The van der Waals surface area contributed by atoms with Gasteiger partial charge in [-0.15, -0.1) is 0 Å². The zero-order valence-electron chi connectivity index (χ0n) is 12.6. The number of carbonyl (C=O) groups excluding carboxylic acids is 4. The Balaban J connectivity index is 1.97. The van der Waals surface area contributed by atoms with Crippen LogP contribution < -0.4 is 0 Å². The summed E-state index contributed by atoms with van der Waals surface area (Å²) >= 11 is 0. The van der Waals surface area contributed by atoms with E-state index < -0.39 is 29.7 Å². The minimum atomic E-state index is -0.648. The molecule has 6 heteroatoms. The minimum Gasteiger partial charge on any atom is -0.395 e. The first kappa shape index (κ1) is 15.4. The lowest BCUT2D eigenvalue weighted by molar-refractivity contribution is -0.155. The molecule has 0 N–H and O–H groups in total. The van der Waals surface area contributed by atoms with Gasteiger partial charge in [-0.25, -0.2) is 0 Å². The molecule has 0 amide bonds. The van der Waals surface area contributed by atoms with Crippen molar-refractivity contribution in [1.82, 2.24) is 0 Å². The van der Waals surface area contributed by atoms with Gasteiger partial charge >= 0.3 is 24.4 Å². The molecule has 1 aliphatic heterocycles. The fraction of sp³-hybridized carbons (Fsp3) is 0.412. The van der Waals surface area contributed by atoms with Gasteiger partial charge in [0, 0.05) is 12.3 Å². The van der Waals surface area contributed by atoms with Crippen LogP contribution in [0.15, 0.2) is 24.3 Å². The van der Waals surface area contributed by atoms with Crippen molar-refractivity contribution in [3.05, 3.63) is 35.4 Å². The van der Waals surface area contributed by atoms with E-state index in [1.807, 2.05) is 31.2 Å². The van der Waals surface area contributed by atoms with Crippen LogP contribution in [0.25, 0.3) is 0 Å². The van der Waals surface area contributed by atoms with Crippen LogP contribution in [0.4, 0.5) is 0 Å². The zero-order chi connectivity index (χ0) is 16.6. The van der Waals surface area contributed by atoms with E-state index in [1.165, 1.54) is 0 Å². The molecule has 0 aromatic heterocycles. The summed E-state index contributed by atoms with van der Waals surface area (Å²) in [5, 5.41) is 0. The van der Waals surface area contributed by atoms with Gasteiger partial charge in [0.25, 0.3) is 0 Å². The number of benzene rings is 1. The maximum Gasteiger partial charge on any atom is 0.318 e. The lowest BCUT2D eigenvalue weighted by Crippen LogP contribution is -2.35. The fourth-order valence-corrected chi connectivity index (χ4v) is 3.79. The number of esters is 3. The van der Waals surface area contributed by atoms with Gasteiger partial charge in [0.15, 0.2) is 0 Å². The van der Waals surface area contributed by atoms with Crippen LogP contribution in [-0.4, -0.2) is 24.4 Å². The molecule has 1 saturated heterocycles. The van der Waals surface area contributed by atoms with E-state index in [9.17, 15) is 19.2 Å². The second kappa shape index (κ2) is 5.95. The van der Waals surface area contributed by atoms with Crippen molar-refractivity contribution < 1.29 is 28.7 Å². The molecule has 2 aliphatic rings. The quantitative estimate of drug-likeness (QED) is 0.474. The third kappa shape index (κ3) is 2.65. The standard InChI is InChI=1S/C17H16O6/c1-9(6-13(19)22-8-18)14-11-5-3-2-4-10(11)7-12-15(14)17(21)23-16(12)20/h2-5,8-9,12,14-15H,6-7H2,1H3. The van der Waals surface area contributed by atoms with Crippen LogP contribution in [0.5, 0.6) is 0 Å². The molecule has 23 heavy (non-hydrogen) atoms. The second-order valence-electron chi connectivity index (χ2n) is 6.07. The molecular formula is C17H16O6. The largest absolute Gasteiger partial charge is 0.395 e. The molecule has 1 fully saturated rings. The highest BCUT2D eigenvalue weighted by molar-refractivity contribution is 5.97. The smallest absolute Gasteiger partial charge is 0.318 e. The highest BCUT2D eigenvalue weighted by Crippen LogP contribution is 2.48. The van der Waals surface area contributed by atoms with Gasteiger partial charge < -0.3 is 9.47 Å². The van der Waals surface area contributed by atoms with Crippen LogP contribution in [0.1, 0.15) is 30.4 Å². The molecule has 3 rings (SSSR count). The fourth-order valence-electron chi connectivity index (χ4n) is 3.79. The summed E-state index contributed by atoms with van der Waals surface area (Å²) in [6.45, 7) is 1.91.